The van der Waals surface area contributed by atoms with Crippen LogP contribution in [0.25, 0.3) is 0 Å². The maximum absolute atomic E-state index is 12.0. The van der Waals surface area contributed by atoms with Crippen molar-refractivity contribution in [2.24, 2.45) is 4.99 Å². The summed E-state index contributed by atoms with van der Waals surface area (Å²) in [6.45, 7) is 0.884. The van der Waals surface area contributed by atoms with Crippen LogP contribution in [-0.4, -0.2) is 53.7 Å². The van der Waals surface area contributed by atoms with Crippen molar-refractivity contribution >= 4 is 18.1 Å². The summed E-state index contributed by atoms with van der Waals surface area (Å²) >= 11 is 0. The van der Waals surface area contributed by atoms with E-state index in [2.05, 4.69) is 25.8 Å². The van der Waals surface area contributed by atoms with E-state index in [0.717, 1.165) is 18.7 Å². The molecule has 9 nitrogen and oxygen atoms in total. The molecule has 1 fully saturated rings. The van der Waals surface area contributed by atoms with Gasteiger partial charge in [-0.05, 0) is 37.1 Å². The van der Waals surface area contributed by atoms with Gasteiger partial charge in [0.05, 0.1) is 17.5 Å². The van der Waals surface area contributed by atoms with Crippen LogP contribution in [0.15, 0.2) is 40.8 Å². The van der Waals surface area contributed by atoms with Gasteiger partial charge in [0, 0.05) is 19.0 Å². The van der Waals surface area contributed by atoms with Crippen molar-refractivity contribution in [3.63, 3.8) is 0 Å². The maximum Gasteiger partial charge on any atom is 0.335 e. The number of rotatable bonds is 6. The van der Waals surface area contributed by atoms with Gasteiger partial charge in [0.1, 0.15) is 18.3 Å². The molecule has 1 aliphatic carbocycles. The van der Waals surface area contributed by atoms with Gasteiger partial charge in [-0.2, -0.15) is 0 Å². The first-order valence-corrected chi connectivity index (χ1v) is 9.90. The van der Waals surface area contributed by atoms with Crippen molar-refractivity contribution in [3.8, 4) is 5.75 Å². The predicted molar refractivity (Wildman–Crippen MR) is 106 cm³/mol. The van der Waals surface area contributed by atoms with Gasteiger partial charge < -0.3 is 25.4 Å². The SMILES string of the molecule is O=C1CCN(C2CCCC2)C2=C(C=NC(NCOc3ccc(C(=O)O)cc3)N2)N1. The third kappa shape index (κ3) is 4.51. The molecule has 1 saturated carbocycles. The van der Waals surface area contributed by atoms with Crippen molar-refractivity contribution in [3.05, 3.63) is 41.3 Å². The van der Waals surface area contributed by atoms with Crippen molar-refractivity contribution in [1.29, 1.82) is 0 Å². The Morgan fingerprint density at radius 3 is 2.76 bits per heavy atom. The van der Waals surface area contributed by atoms with E-state index in [1.807, 2.05) is 0 Å². The minimum absolute atomic E-state index is 0.00537. The van der Waals surface area contributed by atoms with Crippen LogP contribution in [-0.2, 0) is 4.79 Å². The number of carboxylic acid groups (broad SMARTS) is 1. The number of nitrogens with zero attached hydrogens (tertiary/aromatic N) is 2. The van der Waals surface area contributed by atoms with Gasteiger partial charge in [-0.25, -0.2) is 10.1 Å². The van der Waals surface area contributed by atoms with E-state index in [4.69, 9.17) is 9.84 Å². The number of amides is 1. The van der Waals surface area contributed by atoms with Gasteiger partial charge in [-0.15, -0.1) is 0 Å². The Bertz CT molecular complexity index is 830. The summed E-state index contributed by atoms with van der Waals surface area (Å²) in [5, 5.41) is 18.4. The quantitative estimate of drug-likeness (QED) is 0.531. The highest BCUT2D eigenvalue weighted by Gasteiger charge is 2.31. The summed E-state index contributed by atoms with van der Waals surface area (Å²) in [5.74, 6) is 0.505. The fourth-order valence-corrected chi connectivity index (χ4v) is 3.91. The summed E-state index contributed by atoms with van der Waals surface area (Å²) < 4.78 is 5.63. The van der Waals surface area contributed by atoms with Gasteiger partial charge in [0.2, 0.25) is 5.91 Å². The number of carbonyl (C=O) groups is 2. The molecule has 0 radical (unpaired) electrons. The topological polar surface area (TPSA) is 115 Å². The zero-order chi connectivity index (χ0) is 20.2. The number of nitrogens with one attached hydrogen (secondary N) is 3. The van der Waals surface area contributed by atoms with E-state index in [-0.39, 0.29) is 24.5 Å². The highest BCUT2D eigenvalue weighted by molar-refractivity contribution is 5.89. The maximum atomic E-state index is 12.0. The molecule has 9 heteroatoms. The average molecular weight is 399 g/mol. The fraction of sp³-hybridized carbons (Fsp3) is 0.450. The van der Waals surface area contributed by atoms with Crippen LogP contribution in [0.4, 0.5) is 0 Å². The van der Waals surface area contributed by atoms with Crippen molar-refractivity contribution in [2.45, 2.75) is 44.4 Å². The molecule has 4 N–H and O–H groups in total. The fourth-order valence-electron chi connectivity index (χ4n) is 3.91. The molecule has 1 amide bonds. The zero-order valence-electron chi connectivity index (χ0n) is 16.1. The third-order valence-electron chi connectivity index (χ3n) is 5.40. The molecule has 1 aromatic carbocycles. The average Bonchev–Trinajstić information content (AvgIpc) is 3.19. The van der Waals surface area contributed by atoms with E-state index in [1.165, 1.54) is 25.0 Å². The lowest BCUT2D eigenvalue weighted by Gasteiger charge is -2.36. The molecule has 2 heterocycles. The molecule has 1 atom stereocenters. The van der Waals surface area contributed by atoms with E-state index in [1.54, 1.807) is 18.3 Å². The second-order valence-corrected chi connectivity index (χ2v) is 7.34. The van der Waals surface area contributed by atoms with Crippen LogP contribution in [0.3, 0.4) is 0 Å². The molecule has 2 aliphatic heterocycles. The van der Waals surface area contributed by atoms with Gasteiger partial charge >= 0.3 is 5.97 Å². The summed E-state index contributed by atoms with van der Waals surface area (Å²) in [4.78, 5) is 29.7. The minimum atomic E-state index is -0.971. The van der Waals surface area contributed by atoms with Crippen LogP contribution < -0.4 is 20.7 Å². The van der Waals surface area contributed by atoms with Gasteiger partial charge in [0.25, 0.3) is 0 Å². The largest absolute Gasteiger partial charge is 0.478 e. The monoisotopic (exact) mass is 399 g/mol. The summed E-state index contributed by atoms with van der Waals surface area (Å²) in [7, 11) is 0. The molecular formula is C20H25N5O4. The highest BCUT2D eigenvalue weighted by Crippen LogP contribution is 2.28. The van der Waals surface area contributed by atoms with Crippen LogP contribution in [0.5, 0.6) is 5.75 Å². The molecule has 154 valence electrons. The molecule has 0 aromatic heterocycles. The van der Waals surface area contributed by atoms with Crippen LogP contribution >= 0.6 is 0 Å². The van der Waals surface area contributed by atoms with Crippen molar-refractivity contribution in [2.75, 3.05) is 13.3 Å². The minimum Gasteiger partial charge on any atom is -0.478 e. The lowest BCUT2D eigenvalue weighted by atomic mass is 10.2. The molecule has 1 unspecified atom stereocenters. The number of benzene rings is 1. The second-order valence-electron chi connectivity index (χ2n) is 7.34. The smallest absolute Gasteiger partial charge is 0.335 e. The number of hydrogen-bond donors (Lipinski definition) is 4. The number of ether oxygens (including phenoxy) is 1. The molecule has 1 aromatic rings. The Morgan fingerprint density at radius 2 is 2.03 bits per heavy atom. The number of aromatic carboxylic acids is 1. The summed E-state index contributed by atoms with van der Waals surface area (Å²) in [6, 6.07) is 6.67. The Hall–Kier alpha value is -3.07. The van der Waals surface area contributed by atoms with Crippen molar-refractivity contribution < 1.29 is 19.4 Å². The van der Waals surface area contributed by atoms with Gasteiger partial charge in [-0.1, -0.05) is 12.8 Å². The molecule has 29 heavy (non-hydrogen) atoms. The van der Waals surface area contributed by atoms with Gasteiger partial charge in [-0.3, -0.25) is 9.79 Å². The molecule has 0 spiro atoms. The molecule has 4 rings (SSSR count). The third-order valence-corrected chi connectivity index (χ3v) is 5.40. The Balaban J connectivity index is 1.36. The first-order valence-electron chi connectivity index (χ1n) is 9.90. The van der Waals surface area contributed by atoms with Gasteiger partial charge in [0.15, 0.2) is 6.29 Å². The lowest BCUT2D eigenvalue weighted by Crippen LogP contribution is -2.50. The van der Waals surface area contributed by atoms with E-state index in [0.29, 0.717) is 30.5 Å². The van der Waals surface area contributed by atoms with Crippen molar-refractivity contribution in [1.82, 2.24) is 20.9 Å². The highest BCUT2D eigenvalue weighted by atomic mass is 16.5. The predicted octanol–water partition coefficient (Wildman–Crippen LogP) is 1.20. The standard InChI is InChI=1S/C20H25N5O4/c26-17-9-10-25(14-3-1-2-4-14)18-16(23-17)11-21-20(24-18)22-12-29-15-7-5-13(6-8-15)19(27)28/h5-8,11,14,20,22,24H,1-4,9-10,12H2,(H,23,26)(H,27,28). The normalized spacial score (nSPS) is 22.0. The Morgan fingerprint density at radius 1 is 1.28 bits per heavy atom. The van der Waals surface area contributed by atoms with E-state index >= 15 is 0 Å². The van der Waals surface area contributed by atoms with Crippen LogP contribution in [0, 0.1) is 0 Å². The molecule has 3 aliphatic rings. The van der Waals surface area contributed by atoms with E-state index < -0.39 is 5.97 Å². The zero-order valence-corrected chi connectivity index (χ0v) is 16.1. The summed E-state index contributed by atoms with van der Waals surface area (Å²) in [6.07, 6.45) is 6.48. The first kappa shape index (κ1) is 19.3. The number of allylic oxidation sites excluding steroid dienone is 1. The van der Waals surface area contributed by atoms with E-state index in [9.17, 15) is 9.59 Å². The first-order chi connectivity index (χ1) is 14.1. The number of carbonyl (C=O) groups excluding carboxylic acids is 1. The molecule has 0 saturated heterocycles. The van der Waals surface area contributed by atoms with Crippen LogP contribution in [0.2, 0.25) is 0 Å². The Kier molecular flexibility index (Phi) is 5.66. The molecular weight excluding hydrogens is 374 g/mol. The Labute approximate surface area is 168 Å². The summed E-state index contributed by atoms with van der Waals surface area (Å²) in [5.41, 5.74) is 0.924. The number of carboxylic acids is 1. The number of hydrogen-bond acceptors (Lipinski definition) is 7. The second kappa shape index (κ2) is 8.52. The van der Waals surface area contributed by atoms with Crippen LogP contribution in [0.1, 0.15) is 42.5 Å². The lowest BCUT2D eigenvalue weighted by molar-refractivity contribution is -0.120. The number of aliphatic imine (C=N–C) groups is 1. The molecule has 0 bridgehead atoms.